The van der Waals surface area contributed by atoms with Crippen molar-refractivity contribution < 1.29 is 13.2 Å². The van der Waals surface area contributed by atoms with Crippen molar-refractivity contribution in [3.63, 3.8) is 0 Å². The number of benzene rings is 1. The molecule has 1 atom stereocenters. The van der Waals surface area contributed by atoms with E-state index < -0.39 is 18.6 Å². The zero-order chi connectivity index (χ0) is 14.5. The van der Waals surface area contributed by atoms with E-state index in [1.54, 1.807) is 24.3 Å². The average Bonchev–Trinajstić information content (AvgIpc) is 2.34. The second-order valence-electron chi connectivity index (χ2n) is 4.23. The van der Waals surface area contributed by atoms with Gasteiger partial charge in [-0.05, 0) is 24.7 Å². The molecule has 0 amide bonds. The van der Waals surface area contributed by atoms with Gasteiger partial charge in [-0.3, -0.25) is 0 Å². The Morgan fingerprint density at radius 1 is 1.32 bits per heavy atom. The number of nitriles is 2. The Morgan fingerprint density at radius 3 is 2.53 bits per heavy atom. The van der Waals surface area contributed by atoms with E-state index in [1.807, 2.05) is 6.07 Å². The minimum Gasteiger partial charge on any atom is -0.300 e. The first-order valence-corrected chi connectivity index (χ1v) is 5.50. The number of nitrogens with zero attached hydrogens (tertiary/aromatic N) is 3. The van der Waals surface area contributed by atoms with Crippen molar-refractivity contribution >= 4 is 0 Å². The molecule has 0 saturated heterocycles. The predicted molar refractivity (Wildman–Crippen MR) is 62.6 cm³/mol. The third kappa shape index (κ3) is 4.61. The summed E-state index contributed by atoms with van der Waals surface area (Å²) in [5.74, 6) is -2.00. The summed E-state index contributed by atoms with van der Waals surface area (Å²) in [7, 11) is 1.51. The molecule has 0 heterocycles. The average molecular weight is 267 g/mol. The van der Waals surface area contributed by atoms with Crippen molar-refractivity contribution in [2.24, 2.45) is 5.92 Å². The Morgan fingerprint density at radius 2 is 2.00 bits per heavy atom. The number of halogens is 3. The third-order valence-corrected chi connectivity index (χ3v) is 2.55. The quantitative estimate of drug-likeness (QED) is 0.842. The minimum absolute atomic E-state index is 0.254. The van der Waals surface area contributed by atoms with Gasteiger partial charge in [0.2, 0.25) is 0 Å². The summed E-state index contributed by atoms with van der Waals surface area (Å²) in [4.78, 5) is 1.41. The van der Waals surface area contributed by atoms with Crippen molar-refractivity contribution in [1.29, 1.82) is 10.5 Å². The number of hydrogen-bond acceptors (Lipinski definition) is 3. The van der Waals surface area contributed by atoms with Crippen molar-refractivity contribution in [1.82, 2.24) is 4.90 Å². The Labute approximate surface area is 109 Å². The third-order valence-electron chi connectivity index (χ3n) is 2.55. The van der Waals surface area contributed by atoms with Crippen LogP contribution >= 0.6 is 0 Å². The molecule has 1 rings (SSSR count). The first-order valence-electron chi connectivity index (χ1n) is 5.50. The first kappa shape index (κ1) is 15.0. The van der Waals surface area contributed by atoms with E-state index in [4.69, 9.17) is 10.5 Å². The Kier molecular flexibility index (Phi) is 4.91. The van der Waals surface area contributed by atoms with Gasteiger partial charge in [0.05, 0.1) is 17.7 Å². The molecule has 0 aliphatic rings. The van der Waals surface area contributed by atoms with E-state index in [2.05, 4.69) is 0 Å². The SMILES string of the molecule is CN(Cc1cccc(C#N)c1)CC(C#N)C(F)(F)F. The lowest BCUT2D eigenvalue weighted by Gasteiger charge is -2.21. The zero-order valence-electron chi connectivity index (χ0n) is 10.3. The molecular formula is C13H12F3N3. The van der Waals surface area contributed by atoms with Gasteiger partial charge < -0.3 is 4.90 Å². The molecule has 19 heavy (non-hydrogen) atoms. The molecule has 0 aliphatic carbocycles. The van der Waals surface area contributed by atoms with Crippen LogP contribution in [0.3, 0.4) is 0 Å². The molecule has 6 heteroatoms. The highest BCUT2D eigenvalue weighted by Crippen LogP contribution is 2.26. The lowest BCUT2D eigenvalue weighted by molar-refractivity contribution is -0.162. The molecule has 1 aromatic carbocycles. The Balaban J connectivity index is 2.68. The summed E-state index contributed by atoms with van der Waals surface area (Å²) in [5, 5.41) is 17.2. The second-order valence-corrected chi connectivity index (χ2v) is 4.23. The molecule has 0 spiro atoms. The van der Waals surface area contributed by atoms with Gasteiger partial charge in [0, 0.05) is 13.1 Å². The lowest BCUT2D eigenvalue weighted by Crippen LogP contribution is -2.33. The minimum atomic E-state index is -4.52. The van der Waals surface area contributed by atoms with Gasteiger partial charge in [-0.25, -0.2) is 0 Å². The maximum absolute atomic E-state index is 12.4. The van der Waals surface area contributed by atoms with E-state index in [0.717, 1.165) is 5.56 Å². The highest BCUT2D eigenvalue weighted by atomic mass is 19.4. The lowest BCUT2D eigenvalue weighted by atomic mass is 10.1. The second kappa shape index (κ2) is 6.21. The van der Waals surface area contributed by atoms with Crippen molar-refractivity contribution in [3.05, 3.63) is 35.4 Å². The van der Waals surface area contributed by atoms with E-state index in [1.165, 1.54) is 18.0 Å². The van der Waals surface area contributed by atoms with E-state index in [-0.39, 0.29) is 6.54 Å². The zero-order valence-corrected chi connectivity index (χ0v) is 10.3. The number of rotatable bonds is 4. The van der Waals surface area contributed by atoms with Crippen LogP contribution in [0.5, 0.6) is 0 Å². The van der Waals surface area contributed by atoms with Crippen molar-refractivity contribution in [3.8, 4) is 12.1 Å². The van der Waals surface area contributed by atoms with Crippen LogP contribution in [0.4, 0.5) is 13.2 Å². The number of alkyl halides is 3. The fourth-order valence-corrected chi connectivity index (χ4v) is 1.64. The van der Waals surface area contributed by atoms with Gasteiger partial charge in [-0.15, -0.1) is 0 Å². The molecule has 3 nitrogen and oxygen atoms in total. The molecular weight excluding hydrogens is 255 g/mol. The smallest absolute Gasteiger partial charge is 0.300 e. The molecule has 0 saturated carbocycles. The fourth-order valence-electron chi connectivity index (χ4n) is 1.64. The molecule has 100 valence electrons. The molecule has 0 N–H and O–H groups in total. The van der Waals surface area contributed by atoms with Gasteiger partial charge in [0.15, 0.2) is 5.92 Å². The summed E-state index contributed by atoms with van der Waals surface area (Å²) in [5.41, 5.74) is 1.19. The van der Waals surface area contributed by atoms with Crippen LogP contribution in [0.25, 0.3) is 0 Å². The summed E-state index contributed by atoms with van der Waals surface area (Å²) >= 11 is 0. The standard InChI is InChI=1S/C13H12F3N3/c1-19(9-12(7-18)13(14,15)16)8-11-4-2-3-10(5-11)6-17/h2-5,12H,8-9H2,1H3. The monoisotopic (exact) mass is 267 g/mol. The summed E-state index contributed by atoms with van der Waals surface area (Å²) < 4.78 is 37.3. The van der Waals surface area contributed by atoms with Crippen LogP contribution in [-0.2, 0) is 6.54 Å². The van der Waals surface area contributed by atoms with Crippen molar-refractivity contribution in [2.45, 2.75) is 12.7 Å². The van der Waals surface area contributed by atoms with Crippen LogP contribution in [0.1, 0.15) is 11.1 Å². The van der Waals surface area contributed by atoms with Gasteiger partial charge in [0.1, 0.15) is 0 Å². The molecule has 0 fully saturated rings. The molecule has 1 aromatic rings. The van der Waals surface area contributed by atoms with Crippen LogP contribution in [-0.4, -0.2) is 24.7 Å². The Bertz CT molecular complexity index is 511. The van der Waals surface area contributed by atoms with Gasteiger partial charge in [-0.2, -0.15) is 23.7 Å². The highest BCUT2D eigenvalue weighted by molar-refractivity contribution is 5.32. The summed E-state index contributed by atoms with van der Waals surface area (Å²) in [6.45, 7) is -0.138. The molecule has 1 unspecified atom stereocenters. The summed E-state index contributed by atoms with van der Waals surface area (Å²) in [6, 6.07) is 9.87. The maximum atomic E-state index is 12.4. The van der Waals surface area contributed by atoms with Crippen molar-refractivity contribution in [2.75, 3.05) is 13.6 Å². The molecule has 0 aliphatic heterocycles. The van der Waals surface area contributed by atoms with E-state index in [9.17, 15) is 13.2 Å². The largest absolute Gasteiger partial charge is 0.405 e. The first-order chi connectivity index (χ1) is 8.86. The van der Waals surface area contributed by atoms with Crippen LogP contribution in [0.2, 0.25) is 0 Å². The molecule has 0 bridgehead atoms. The number of hydrogen-bond donors (Lipinski definition) is 0. The van der Waals surface area contributed by atoms with Gasteiger partial charge in [-0.1, -0.05) is 12.1 Å². The van der Waals surface area contributed by atoms with Gasteiger partial charge >= 0.3 is 6.18 Å². The van der Waals surface area contributed by atoms with Crippen LogP contribution in [0, 0.1) is 28.6 Å². The van der Waals surface area contributed by atoms with Gasteiger partial charge in [0.25, 0.3) is 0 Å². The van der Waals surface area contributed by atoms with Crippen LogP contribution in [0.15, 0.2) is 24.3 Å². The Hall–Kier alpha value is -2.05. The molecule has 0 aromatic heterocycles. The fraction of sp³-hybridized carbons (Fsp3) is 0.385. The topological polar surface area (TPSA) is 50.8 Å². The normalized spacial score (nSPS) is 12.8. The molecule has 0 radical (unpaired) electrons. The maximum Gasteiger partial charge on any atom is 0.405 e. The van der Waals surface area contributed by atoms with E-state index >= 15 is 0 Å². The predicted octanol–water partition coefficient (Wildman–Crippen LogP) is 2.69. The highest BCUT2D eigenvalue weighted by Gasteiger charge is 2.40. The van der Waals surface area contributed by atoms with Crippen LogP contribution < -0.4 is 0 Å². The summed E-state index contributed by atoms with van der Waals surface area (Å²) in [6.07, 6.45) is -4.52. The van der Waals surface area contributed by atoms with E-state index in [0.29, 0.717) is 5.56 Å².